The Morgan fingerprint density at radius 2 is 1.81 bits per heavy atom. The number of ketones is 1. The van der Waals surface area contributed by atoms with Crippen LogP contribution < -0.4 is 0 Å². The number of halogens is 1. The number of hydrogen-bond acceptors (Lipinski definition) is 4. The predicted molar refractivity (Wildman–Crippen MR) is 98.9 cm³/mol. The first-order valence-corrected chi connectivity index (χ1v) is 9.22. The third kappa shape index (κ3) is 4.40. The van der Waals surface area contributed by atoms with Gasteiger partial charge >= 0.3 is 5.97 Å². The molecule has 7 heteroatoms. The number of likely N-dealkylation sites (tertiary alicyclic amines) is 1. The second kappa shape index (κ2) is 8.31. The number of carbonyl (C=O) groups excluding carboxylic acids is 3. The number of rotatable bonds is 5. The van der Waals surface area contributed by atoms with E-state index in [2.05, 4.69) is 20.9 Å². The van der Waals surface area contributed by atoms with Crippen LogP contribution in [0.5, 0.6) is 0 Å². The van der Waals surface area contributed by atoms with E-state index in [9.17, 15) is 14.4 Å². The van der Waals surface area contributed by atoms with Crippen LogP contribution in [-0.2, 0) is 9.53 Å². The van der Waals surface area contributed by atoms with Crippen molar-refractivity contribution in [3.63, 3.8) is 0 Å². The summed E-state index contributed by atoms with van der Waals surface area (Å²) in [6, 6.07) is 10.6. The summed E-state index contributed by atoms with van der Waals surface area (Å²) in [4.78, 5) is 41.0. The summed E-state index contributed by atoms with van der Waals surface area (Å²) >= 11 is 3.35. The number of aromatic amines is 1. The van der Waals surface area contributed by atoms with Crippen molar-refractivity contribution in [1.82, 2.24) is 9.88 Å². The highest BCUT2D eigenvalue weighted by molar-refractivity contribution is 9.10. The van der Waals surface area contributed by atoms with Crippen molar-refractivity contribution in [1.29, 1.82) is 0 Å². The lowest BCUT2D eigenvalue weighted by molar-refractivity contribution is -0.148. The molecule has 2 aromatic rings. The molecule has 0 radical (unpaired) electrons. The molecule has 1 aliphatic rings. The Labute approximate surface area is 159 Å². The van der Waals surface area contributed by atoms with Crippen molar-refractivity contribution in [2.24, 2.45) is 5.92 Å². The van der Waals surface area contributed by atoms with E-state index in [-0.39, 0.29) is 30.2 Å². The SMILES string of the molecule is O=C(COC(=O)C1CCN(C(=O)c2ccc(Br)cc2)CC1)c1ccc[nH]1. The Kier molecular flexibility index (Phi) is 5.88. The molecular weight excluding hydrogens is 400 g/mol. The zero-order valence-electron chi connectivity index (χ0n) is 14.1. The molecule has 0 atom stereocenters. The van der Waals surface area contributed by atoms with Crippen LogP contribution in [0.25, 0.3) is 0 Å². The van der Waals surface area contributed by atoms with Gasteiger partial charge in [-0.25, -0.2) is 0 Å². The normalized spacial score (nSPS) is 14.9. The number of H-pyrrole nitrogens is 1. The number of Topliss-reactive ketones (excluding diaryl/α,β-unsaturated/α-hetero) is 1. The number of benzene rings is 1. The molecular formula is C19H19BrN2O4. The highest BCUT2D eigenvalue weighted by Crippen LogP contribution is 2.21. The molecule has 1 fully saturated rings. The van der Waals surface area contributed by atoms with E-state index in [0.717, 1.165) is 4.47 Å². The van der Waals surface area contributed by atoms with Gasteiger partial charge in [-0.15, -0.1) is 0 Å². The number of carbonyl (C=O) groups is 3. The van der Waals surface area contributed by atoms with E-state index in [4.69, 9.17) is 4.74 Å². The summed E-state index contributed by atoms with van der Waals surface area (Å²) in [6.07, 6.45) is 2.73. The number of hydrogen-bond donors (Lipinski definition) is 1. The topological polar surface area (TPSA) is 79.5 Å². The Morgan fingerprint density at radius 1 is 1.12 bits per heavy atom. The molecule has 0 saturated carbocycles. The Bertz CT molecular complexity index is 778. The predicted octanol–water partition coefficient (Wildman–Crippen LogP) is 3.06. The summed E-state index contributed by atoms with van der Waals surface area (Å²) in [5.74, 6) is -0.946. The van der Waals surface area contributed by atoms with Crippen LogP contribution in [0.3, 0.4) is 0 Å². The molecule has 1 aromatic carbocycles. The number of aromatic nitrogens is 1. The first-order valence-electron chi connectivity index (χ1n) is 8.42. The number of nitrogens with zero attached hydrogens (tertiary/aromatic N) is 1. The molecule has 2 heterocycles. The van der Waals surface area contributed by atoms with Gasteiger partial charge in [0.2, 0.25) is 5.78 Å². The van der Waals surface area contributed by atoms with E-state index >= 15 is 0 Å². The van der Waals surface area contributed by atoms with Crippen molar-refractivity contribution < 1.29 is 19.1 Å². The Morgan fingerprint density at radius 3 is 2.42 bits per heavy atom. The minimum atomic E-state index is -0.374. The number of esters is 1. The molecule has 0 unspecified atom stereocenters. The monoisotopic (exact) mass is 418 g/mol. The number of amides is 1. The Hall–Kier alpha value is -2.41. The van der Waals surface area contributed by atoms with Crippen LogP contribution in [0.15, 0.2) is 47.1 Å². The fraction of sp³-hybridized carbons (Fsp3) is 0.316. The maximum absolute atomic E-state index is 12.5. The number of piperidine rings is 1. The van der Waals surface area contributed by atoms with Crippen molar-refractivity contribution in [2.45, 2.75) is 12.8 Å². The first kappa shape index (κ1) is 18.4. The molecule has 1 saturated heterocycles. The molecule has 0 aliphatic carbocycles. The Balaban J connectivity index is 1.47. The molecule has 0 bridgehead atoms. The van der Waals surface area contributed by atoms with Crippen LogP contribution in [-0.4, -0.2) is 47.2 Å². The van der Waals surface area contributed by atoms with Gasteiger partial charge in [-0.05, 0) is 49.2 Å². The zero-order valence-corrected chi connectivity index (χ0v) is 15.7. The second-order valence-corrected chi connectivity index (χ2v) is 7.10. The summed E-state index contributed by atoms with van der Waals surface area (Å²) < 4.78 is 6.06. The third-order valence-corrected chi connectivity index (χ3v) is 4.98. The van der Waals surface area contributed by atoms with Gasteiger partial charge in [0.15, 0.2) is 6.61 Å². The van der Waals surface area contributed by atoms with E-state index in [1.54, 1.807) is 35.4 Å². The highest BCUT2D eigenvalue weighted by atomic mass is 79.9. The number of nitrogens with one attached hydrogen (secondary N) is 1. The van der Waals surface area contributed by atoms with Crippen LogP contribution in [0, 0.1) is 5.92 Å². The van der Waals surface area contributed by atoms with Gasteiger partial charge in [-0.3, -0.25) is 14.4 Å². The average Bonchev–Trinajstić information content (AvgIpc) is 3.21. The molecule has 1 N–H and O–H groups in total. The first-order chi connectivity index (χ1) is 12.5. The van der Waals surface area contributed by atoms with Gasteiger partial charge in [-0.2, -0.15) is 0 Å². The van der Waals surface area contributed by atoms with Gasteiger partial charge in [-0.1, -0.05) is 15.9 Å². The molecule has 26 heavy (non-hydrogen) atoms. The number of ether oxygens (including phenoxy) is 1. The second-order valence-electron chi connectivity index (χ2n) is 6.19. The minimum Gasteiger partial charge on any atom is -0.457 e. The maximum atomic E-state index is 12.5. The lowest BCUT2D eigenvalue weighted by Gasteiger charge is -2.31. The quantitative estimate of drug-likeness (QED) is 0.597. The van der Waals surface area contributed by atoms with Gasteiger partial charge in [0.1, 0.15) is 0 Å². The van der Waals surface area contributed by atoms with Crippen LogP contribution in [0.2, 0.25) is 0 Å². The van der Waals surface area contributed by atoms with Crippen LogP contribution >= 0.6 is 15.9 Å². The molecule has 1 aromatic heterocycles. The van der Waals surface area contributed by atoms with Crippen LogP contribution in [0.1, 0.15) is 33.7 Å². The van der Waals surface area contributed by atoms with E-state index in [1.165, 1.54) is 0 Å². The van der Waals surface area contributed by atoms with Crippen molar-refractivity contribution in [3.05, 3.63) is 58.3 Å². The minimum absolute atomic E-state index is 0.0359. The van der Waals surface area contributed by atoms with Gasteiger partial charge in [0, 0.05) is 29.3 Å². The molecule has 1 amide bonds. The fourth-order valence-corrected chi connectivity index (χ4v) is 3.19. The van der Waals surface area contributed by atoms with Gasteiger partial charge < -0.3 is 14.6 Å². The van der Waals surface area contributed by atoms with Crippen molar-refractivity contribution >= 4 is 33.6 Å². The maximum Gasteiger partial charge on any atom is 0.309 e. The molecule has 1 aliphatic heterocycles. The lowest BCUT2D eigenvalue weighted by atomic mass is 9.96. The van der Waals surface area contributed by atoms with Crippen molar-refractivity contribution in [3.8, 4) is 0 Å². The van der Waals surface area contributed by atoms with E-state index < -0.39 is 0 Å². The smallest absolute Gasteiger partial charge is 0.309 e. The molecule has 136 valence electrons. The summed E-state index contributed by atoms with van der Waals surface area (Å²) in [5.41, 5.74) is 1.05. The molecule has 6 nitrogen and oxygen atoms in total. The highest BCUT2D eigenvalue weighted by Gasteiger charge is 2.29. The van der Waals surface area contributed by atoms with Gasteiger partial charge in [0.25, 0.3) is 5.91 Å². The zero-order chi connectivity index (χ0) is 18.5. The fourth-order valence-electron chi connectivity index (χ4n) is 2.93. The van der Waals surface area contributed by atoms with E-state index in [0.29, 0.717) is 37.2 Å². The lowest BCUT2D eigenvalue weighted by Crippen LogP contribution is -2.40. The van der Waals surface area contributed by atoms with E-state index in [1.807, 2.05) is 12.1 Å². The molecule has 3 rings (SSSR count). The summed E-state index contributed by atoms with van der Waals surface area (Å²) in [7, 11) is 0. The van der Waals surface area contributed by atoms with Crippen molar-refractivity contribution in [2.75, 3.05) is 19.7 Å². The summed E-state index contributed by atoms with van der Waals surface area (Å²) in [5, 5.41) is 0. The molecule has 0 spiro atoms. The summed E-state index contributed by atoms with van der Waals surface area (Å²) in [6.45, 7) is 0.732. The van der Waals surface area contributed by atoms with Crippen LogP contribution in [0.4, 0.5) is 0 Å². The average molecular weight is 419 g/mol. The third-order valence-electron chi connectivity index (χ3n) is 4.45. The standard InChI is InChI=1S/C19H19BrN2O4/c20-15-5-3-13(4-6-15)18(24)22-10-7-14(8-11-22)19(25)26-12-17(23)16-2-1-9-21-16/h1-6,9,14,21H,7-8,10-12H2. The van der Waals surface area contributed by atoms with Gasteiger partial charge in [0.05, 0.1) is 11.6 Å². The largest absolute Gasteiger partial charge is 0.457 e.